The van der Waals surface area contributed by atoms with Gasteiger partial charge in [0, 0.05) is 20.6 Å². The van der Waals surface area contributed by atoms with Crippen molar-refractivity contribution in [2.45, 2.75) is 10.1 Å². The minimum absolute atomic E-state index is 0.0515. The van der Waals surface area contributed by atoms with Gasteiger partial charge in [0.2, 0.25) is 5.91 Å². The molecule has 0 saturated carbocycles. The van der Waals surface area contributed by atoms with E-state index in [0.29, 0.717) is 21.7 Å². The molecule has 224 valence electrons. The molecule has 5 aromatic carbocycles. The zero-order valence-electron chi connectivity index (χ0n) is 23.7. The van der Waals surface area contributed by atoms with E-state index in [-0.39, 0.29) is 11.4 Å². The number of rotatable bonds is 10. The third kappa shape index (κ3) is 8.78. The summed E-state index contributed by atoms with van der Waals surface area (Å²) in [5.74, 6) is -1.88. The largest absolute Gasteiger partial charge is 0.322 e. The molecule has 0 aliphatic rings. The fourth-order valence-electron chi connectivity index (χ4n) is 4.31. The maximum Gasteiger partial charge on any atom is 0.272 e. The second kappa shape index (κ2) is 15.1. The lowest BCUT2D eigenvalue weighted by Gasteiger charge is -2.18. The number of carbonyl (C=O) groups is 3. The molecule has 6 nitrogen and oxygen atoms in total. The Labute approximate surface area is 272 Å². The minimum Gasteiger partial charge on any atom is -0.322 e. The molecule has 0 heterocycles. The molecule has 0 bridgehead atoms. The molecule has 1 atom stereocenters. The summed E-state index contributed by atoms with van der Waals surface area (Å²) in [4.78, 5) is 40.6. The van der Waals surface area contributed by atoms with Crippen LogP contribution in [0.25, 0.3) is 6.08 Å². The Balaban J connectivity index is 1.37. The molecule has 0 fully saturated rings. The summed E-state index contributed by atoms with van der Waals surface area (Å²) in [5.41, 5.74) is 2.46. The highest BCUT2D eigenvalue weighted by molar-refractivity contribution is 9.10. The molecule has 0 saturated heterocycles. The summed E-state index contributed by atoms with van der Waals surface area (Å²) in [6, 6.07) is 38.2. The summed E-state index contributed by atoms with van der Waals surface area (Å²) in [6.07, 6.45) is 1.60. The van der Waals surface area contributed by atoms with E-state index in [2.05, 4.69) is 31.9 Å². The van der Waals surface area contributed by atoms with Gasteiger partial charge >= 0.3 is 0 Å². The monoisotopic (exact) mass is 679 g/mol. The molecule has 0 aliphatic carbocycles. The van der Waals surface area contributed by atoms with E-state index < -0.39 is 28.8 Å². The van der Waals surface area contributed by atoms with Crippen LogP contribution < -0.4 is 16.0 Å². The van der Waals surface area contributed by atoms with Crippen molar-refractivity contribution in [2.75, 3.05) is 10.6 Å². The maximum absolute atomic E-state index is 14.3. The van der Waals surface area contributed by atoms with Crippen LogP contribution >= 0.6 is 27.7 Å². The Kier molecular flexibility index (Phi) is 10.6. The van der Waals surface area contributed by atoms with Crippen molar-refractivity contribution in [1.29, 1.82) is 0 Å². The van der Waals surface area contributed by atoms with Crippen LogP contribution in [0.5, 0.6) is 0 Å². The number of anilines is 2. The molecular weight excluding hydrogens is 653 g/mol. The second-order valence-electron chi connectivity index (χ2n) is 9.79. The van der Waals surface area contributed by atoms with E-state index in [1.54, 1.807) is 66.7 Å². The second-order valence-corrected chi connectivity index (χ2v) is 11.9. The van der Waals surface area contributed by atoms with Crippen molar-refractivity contribution in [3.8, 4) is 0 Å². The Hall–Kier alpha value is -4.99. The quantitative estimate of drug-likeness (QED) is 0.102. The van der Waals surface area contributed by atoms with Crippen molar-refractivity contribution < 1.29 is 18.8 Å². The van der Waals surface area contributed by atoms with E-state index in [1.165, 1.54) is 23.9 Å². The predicted octanol–water partition coefficient (Wildman–Crippen LogP) is 8.47. The zero-order chi connectivity index (χ0) is 31.6. The fourth-order valence-corrected chi connectivity index (χ4v) is 5.66. The van der Waals surface area contributed by atoms with Crippen molar-refractivity contribution in [2.24, 2.45) is 0 Å². The smallest absolute Gasteiger partial charge is 0.272 e. The molecule has 9 heteroatoms. The number of thioether (sulfide) groups is 1. The third-order valence-electron chi connectivity index (χ3n) is 6.53. The number of carbonyl (C=O) groups excluding carboxylic acids is 3. The van der Waals surface area contributed by atoms with E-state index in [9.17, 15) is 18.8 Å². The first kappa shape index (κ1) is 31.4. The van der Waals surface area contributed by atoms with Crippen molar-refractivity contribution in [3.63, 3.8) is 0 Å². The number of hydrogen-bond donors (Lipinski definition) is 3. The van der Waals surface area contributed by atoms with E-state index in [1.807, 2.05) is 60.7 Å². The standard InChI is InChI=1S/C36H27BrFN3O3S/c37-27-20-18-24(19-21-27)22-32(41-34(42)26-12-5-2-6-13-26)35(43)39-28-14-9-15-29(23-28)45-33(25-10-3-1-4-11-25)36(44)40-31-17-8-7-16-30(31)38/h1-23,33H,(H,39,43)(H,40,44)(H,41,42)/b32-22-. The summed E-state index contributed by atoms with van der Waals surface area (Å²) in [5, 5.41) is 7.58. The minimum atomic E-state index is -0.713. The lowest BCUT2D eigenvalue weighted by atomic mass is 10.1. The predicted molar refractivity (Wildman–Crippen MR) is 181 cm³/mol. The van der Waals surface area contributed by atoms with Gasteiger partial charge in [-0.15, -0.1) is 11.8 Å². The number of benzene rings is 5. The van der Waals surface area contributed by atoms with Gasteiger partial charge in [0.1, 0.15) is 16.8 Å². The highest BCUT2D eigenvalue weighted by Crippen LogP contribution is 2.37. The number of halogens is 2. The molecule has 5 rings (SSSR count). The average Bonchev–Trinajstić information content (AvgIpc) is 3.06. The number of hydrogen-bond acceptors (Lipinski definition) is 4. The van der Waals surface area contributed by atoms with Crippen LogP contribution in [0.1, 0.15) is 26.7 Å². The Morgan fingerprint density at radius 1 is 0.733 bits per heavy atom. The lowest BCUT2D eigenvalue weighted by molar-refractivity contribution is -0.116. The highest BCUT2D eigenvalue weighted by atomic mass is 79.9. The molecule has 3 amide bonds. The topological polar surface area (TPSA) is 87.3 Å². The molecule has 1 unspecified atom stereocenters. The first-order valence-electron chi connectivity index (χ1n) is 13.9. The summed E-state index contributed by atoms with van der Waals surface area (Å²) in [6.45, 7) is 0. The maximum atomic E-state index is 14.3. The third-order valence-corrected chi connectivity index (χ3v) is 8.30. The van der Waals surface area contributed by atoms with E-state index in [4.69, 9.17) is 0 Å². The summed E-state index contributed by atoms with van der Waals surface area (Å²) < 4.78 is 15.2. The normalized spacial score (nSPS) is 11.7. The van der Waals surface area contributed by atoms with Crippen molar-refractivity contribution in [1.82, 2.24) is 5.32 Å². The Bertz CT molecular complexity index is 1830. The Morgan fingerprint density at radius 3 is 2.11 bits per heavy atom. The summed E-state index contributed by atoms with van der Waals surface area (Å²) in [7, 11) is 0. The lowest BCUT2D eigenvalue weighted by Crippen LogP contribution is -2.30. The molecule has 0 spiro atoms. The molecule has 0 radical (unpaired) electrons. The first-order valence-corrected chi connectivity index (χ1v) is 15.5. The average molecular weight is 681 g/mol. The van der Waals surface area contributed by atoms with Crippen LogP contribution in [0, 0.1) is 5.82 Å². The molecule has 5 aromatic rings. The summed E-state index contributed by atoms with van der Waals surface area (Å²) >= 11 is 4.67. The van der Waals surface area contributed by atoms with Crippen molar-refractivity contribution in [3.05, 3.63) is 166 Å². The van der Waals surface area contributed by atoms with Crippen LogP contribution in [-0.4, -0.2) is 17.7 Å². The van der Waals surface area contributed by atoms with Crippen molar-refractivity contribution >= 4 is 62.9 Å². The fraction of sp³-hybridized carbons (Fsp3) is 0.0278. The van der Waals surface area contributed by atoms with Gasteiger partial charge in [0.25, 0.3) is 11.8 Å². The molecule has 45 heavy (non-hydrogen) atoms. The van der Waals surface area contributed by atoms with Gasteiger partial charge in [0.15, 0.2) is 0 Å². The number of amides is 3. The van der Waals surface area contributed by atoms with Gasteiger partial charge < -0.3 is 16.0 Å². The van der Waals surface area contributed by atoms with Crippen LogP contribution in [-0.2, 0) is 9.59 Å². The molecule has 3 N–H and O–H groups in total. The molecule has 0 aliphatic heterocycles. The SMILES string of the molecule is O=C(Nc1cccc(SC(C(=O)Nc2ccccc2F)c2ccccc2)c1)/C(=C/c1ccc(Br)cc1)NC(=O)c1ccccc1. The van der Waals surface area contributed by atoms with Gasteiger partial charge in [0.05, 0.1) is 5.69 Å². The van der Waals surface area contributed by atoms with E-state index >= 15 is 0 Å². The molecule has 0 aromatic heterocycles. The number of para-hydroxylation sites is 1. The van der Waals surface area contributed by atoms with Crippen LogP contribution in [0.3, 0.4) is 0 Å². The Morgan fingerprint density at radius 2 is 1.40 bits per heavy atom. The van der Waals surface area contributed by atoms with Gasteiger partial charge in [-0.3, -0.25) is 14.4 Å². The first-order chi connectivity index (χ1) is 21.9. The van der Waals surface area contributed by atoms with Gasteiger partial charge in [-0.25, -0.2) is 4.39 Å². The number of nitrogens with one attached hydrogen (secondary N) is 3. The molecular formula is C36H27BrFN3O3S. The van der Waals surface area contributed by atoms with Gasteiger partial charge in [-0.1, -0.05) is 94.8 Å². The van der Waals surface area contributed by atoms with E-state index in [0.717, 1.165) is 10.0 Å². The van der Waals surface area contributed by atoms with Gasteiger partial charge in [-0.2, -0.15) is 0 Å². The zero-order valence-corrected chi connectivity index (χ0v) is 26.1. The van der Waals surface area contributed by atoms with Crippen LogP contribution in [0.4, 0.5) is 15.8 Å². The highest BCUT2D eigenvalue weighted by Gasteiger charge is 2.23. The van der Waals surface area contributed by atoms with Crippen LogP contribution in [0.15, 0.2) is 149 Å². The van der Waals surface area contributed by atoms with Crippen LogP contribution in [0.2, 0.25) is 0 Å². The van der Waals surface area contributed by atoms with Gasteiger partial charge in [-0.05, 0) is 71.8 Å².